The van der Waals surface area contributed by atoms with Crippen LogP contribution in [-0.2, 0) is 0 Å². The Morgan fingerprint density at radius 1 is 1.11 bits per heavy atom. The number of hydrogen-bond acceptors (Lipinski definition) is 5. The molecule has 3 aromatic rings. The Bertz CT molecular complexity index is 961. The first-order valence-electron chi connectivity index (χ1n) is 10.1. The number of benzene rings is 1. The van der Waals surface area contributed by atoms with Gasteiger partial charge in [0.1, 0.15) is 5.82 Å². The molecule has 0 saturated heterocycles. The second-order valence-electron chi connectivity index (χ2n) is 7.38. The van der Waals surface area contributed by atoms with E-state index in [2.05, 4.69) is 88.9 Å². The van der Waals surface area contributed by atoms with Crippen molar-refractivity contribution in [3.8, 4) is 0 Å². The highest BCUT2D eigenvalue weighted by Crippen LogP contribution is 2.36. The normalized spacial score (nSPS) is 11.8. The van der Waals surface area contributed by atoms with Gasteiger partial charge >= 0.3 is 0 Å². The van der Waals surface area contributed by atoms with Crippen molar-refractivity contribution in [2.24, 2.45) is 0 Å². The van der Waals surface area contributed by atoms with Crippen molar-refractivity contribution in [3.05, 3.63) is 34.1 Å². The maximum absolute atomic E-state index is 4.75. The molecule has 0 amide bonds. The molecule has 150 valence electrons. The fourth-order valence-corrected chi connectivity index (χ4v) is 4.14. The van der Waals surface area contributed by atoms with E-state index in [1.54, 1.807) is 0 Å². The highest BCUT2D eigenvalue weighted by molar-refractivity contribution is 9.10. The van der Waals surface area contributed by atoms with Crippen LogP contribution in [0.3, 0.4) is 0 Å². The van der Waals surface area contributed by atoms with E-state index in [9.17, 15) is 0 Å². The van der Waals surface area contributed by atoms with Crippen LogP contribution < -0.4 is 4.90 Å². The summed E-state index contributed by atoms with van der Waals surface area (Å²) in [7, 11) is 0. The first kappa shape index (κ1) is 20.7. The molecule has 0 spiro atoms. The number of hydrogen-bond donors (Lipinski definition) is 0. The Morgan fingerprint density at radius 3 is 2.39 bits per heavy atom. The van der Waals surface area contributed by atoms with E-state index in [0.29, 0.717) is 12.0 Å². The molecule has 0 saturated carbocycles. The standard InChI is InChI=1S/C21H29BrN6/c1-7-16(8-2)28-21-19(25-26-28)20(23-14(6)24-21)27(9-3)18-11-10-15(13(4)5)12-17(18)22/h10-13,16H,7-9H2,1-6H3. The smallest absolute Gasteiger partial charge is 0.184 e. The Labute approximate surface area is 175 Å². The molecule has 0 aliphatic heterocycles. The molecule has 0 atom stereocenters. The predicted octanol–water partition coefficient (Wildman–Crippen LogP) is 5.93. The van der Waals surface area contributed by atoms with Crippen molar-refractivity contribution in [3.63, 3.8) is 0 Å². The van der Waals surface area contributed by atoms with E-state index in [1.165, 1.54) is 5.56 Å². The van der Waals surface area contributed by atoms with Gasteiger partial charge in [-0.05, 0) is 66.2 Å². The maximum Gasteiger partial charge on any atom is 0.184 e. The highest BCUT2D eigenvalue weighted by Gasteiger charge is 2.22. The Balaban J connectivity index is 2.16. The summed E-state index contributed by atoms with van der Waals surface area (Å²) in [5.41, 5.74) is 3.93. The zero-order valence-corrected chi connectivity index (χ0v) is 19.2. The minimum Gasteiger partial charge on any atom is -0.324 e. The van der Waals surface area contributed by atoms with Crippen molar-refractivity contribution in [2.75, 3.05) is 11.4 Å². The topological polar surface area (TPSA) is 59.7 Å². The molecule has 0 unspecified atom stereocenters. The second-order valence-corrected chi connectivity index (χ2v) is 8.24. The van der Waals surface area contributed by atoms with Crippen LogP contribution in [0, 0.1) is 6.92 Å². The summed E-state index contributed by atoms with van der Waals surface area (Å²) in [5.74, 6) is 2.01. The van der Waals surface area contributed by atoms with Crippen LogP contribution >= 0.6 is 15.9 Å². The molecule has 3 rings (SSSR count). The Kier molecular flexibility index (Phi) is 6.33. The van der Waals surface area contributed by atoms with Crippen LogP contribution in [0.1, 0.15) is 70.8 Å². The Hall–Kier alpha value is -2.02. The number of aromatic nitrogens is 5. The molecule has 0 bridgehead atoms. The SMILES string of the molecule is CCC(CC)n1nnc2c(N(CC)c3ccc(C(C)C)cc3Br)nc(C)nc21. The summed E-state index contributed by atoms with van der Waals surface area (Å²) in [6.07, 6.45) is 1.99. The maximum atomic E-state index is 4.75. The van der Waals surface area contributed by atoms with Crippen molar-refractivity contribution in [2.45, 2.75) is 66.3 Å². The first-order valence-corrected chi connectivity index (χ1v) is 10.9. The fraction of sp³-hybridized carbons (Fsp3) is 0.524. The van der Waals surface area contributed by atoms with Gasteiger partial charge in [-0.3, -0.25) is 0 Å². The van der Waals surface area contributed by atoms with Gasteiger partial charge in [0.25, 0.3) is 0 Å². The van der Waals surface area contributed by atoms with Crippen LogP contribution in [0.15, 0.2) is 22.7 Å². The molecule has 0 fully saturated rings. The number of nitrogens with zero attached hydrogens (tertiary/aromatic N) is 6. The van der Waals surface area contributed by atoms with Crippen molar-refractivity contribution in [1.29, 1.82) is 0 Å². The van der Waals surface area contributed by atoms with Crippen LogP contribution in [0.4, 0.5) is 11.5 Å². The van der Waals surface area contributed by atoms with E-state index >= 15 is 0 Å². The van der Waals surface area contributed by atoms with Crippen LogP contribution in [0.2, 0.25) is 0 Å². The van der Waals surface area contributed by atoms with Gasteiger partial charge in [0.2, 0.25) is 0 Å². The number of aryl methyl sites for hydroxylation is 1. The minimum atomic E-state index is 0.291. The lowest BCUT2D eigenvalue weighted by atomic mass is 10.0. The third-order valence-electron chi connectivity index (χ3n) is 5.21. The summed E-state index contributed by atoms with van der Waals surface area (Å²) < 4.78 is 3.01. The third-order valence-corrected chi connectivity index (χ3v) is 5.84. The van der Waals surface area contributed by atoms with Gasteiger partial charge in [0.15, 0.2) is 17.0 Å². The van der Waals surface area contributed by atoms with Gasteiger partial charge in [0, 0.05) is 11.0 Å². The highest BCUT2D eigenvalue weighted by atomic mass is 79.9. The molecule has 6 nitrogen and oxygen atoms in total. The average molecular weight is 445 g/mol. The summed E-state index contributed by atoms with van der Waals surface area (Å²) in [6, 6.07) is 6.81. The third kappa shape index (κ3) is 3.77. The minimum absolute atomic E-state index is 0.291. The zero-order valence-electron chi connectivity index (χ0n) is 17.6. The van der Waals surface area contributed by atoms with Crippen LogP contribution in [-0.4, -0.2) is 31.5 Å². The summed E-state index contributed by atoms with van der Waals surface area (Å²) in [4.78, 5) is 11.6. The number of fused-ring (bicyclic) bond motifs is 1. The number of rotatable bonds is 7. The van der Waals surface area contributed by atoms with Gasteiger partial charge in [0.05, 0.1) is 11.7 Å². The molecular formula is C21H29BrN6. The zero-order chi connectivity index (χ0) is 20.4. The molecule has 0 N–H and O–H groups in total. The lowest BCUT2D eigenvalue weighted by Gasteiger charge is -2.24. The predicted molar refractivity (Wildman–Crippen MR) is 118 cm³/mol. The van der Waals surface area contributed by atoms with Crippen LogP contribution in [0.5, 0.6) is 0 Å². The average Bonchev–Trinajstić information content (AvgIpc) is 3.08. The summed E-state index contributed by atoms with van der Waals surface area (Å²) in [5, 5.41) is 8.91. The molecule has 1 aromatic carbocycles. The van der Waals surface area contributed by atoms with E-state index in [4.69, 9.17) is 4.98 Å². The summed E-state index contributed by atoms with van der Waals surface area (Å²) in [6.45, 7) is 13.6. The lowest BCUT2D eigenvalue weighted by Crippen LogP contribution is -2.19. The van der Waals surface area contributed by atoms with E-state index in [1.807, 2.05) is 11.6 Å². The monoisotopic (exact) mass is 444 g/mol. The van der Waals surface area contributed by atoms with Gasteiger partial charge in [-0.2, -0.15) is 0 Å². The molecule has 7 heteroatoms. The van der Waals surface area contributed by atoms with Crippen molar-refractivity contribution < 1.29 is 0 Å². The van der Waals surface area contributed by atoms with Crippen molar-refractivity contribution >= 4 is 38.6 Å². The number of anilines is 2. The molecule has 0 aliphatic rings. The molecule has 2 aromatic heterocycles. The molecule has 0 radical (unpaired) electrons. The van der Waals surface area contributed by atoms with E-state index < -0.39 is 0 Å². The molecule has 0 aliphatic carbocycles. The van der Waals surface area contributed by atoms with Crippen LogP contribution in [0.25, 0.3) is 11.2 Å². The second kappa shape index (κ2) is 8.55. The van der Waals surface area contributed by atoms with Gasteiger partial charge in [-0.1, -0.05) is 39.0 Å². The quantitative estimate of drug-likeness (QED) is 0.451. The summed E-state index contributed by atoms with van der Waals surface area (Å²) >= 11 is 3.76. The van der Waals surface area contributed by atoms with Gasteiger partial charge in [-0.15, -0.1) is 5.10 Å². The van der Waals surface area contributed by atoms with Gasteiger partial charge in [-0.25, -0.2) is 14.6 Å². The lowest BCUT2D eigenvalue weighted by molar-refractivity contribution is 0.427. The van der Waals surface area contributed by atoms with E-state index in [0.717, 1.165) is 52.4 Å². The van der Waals surface area contributed by atoms with E-state index in [-0.39, 0.29) is 0 Å². The van der Waals surface area contributed by atoms with Gasteiger partial charge < -0.3 is 4.90 Å². The van der Waals surface area contributed by atoms with Crippen molar-refractivity contribution in [1.82, 2.24) is 25.0 Å². The molecule has 28 heavy (non-hydrogen) atoms. The first-order chi connectivity index (χ1) is 13.4. The fourth-order valence-electron chi connectivity index (χ4n) is 3.53. The molecular weight excluding hydrogens is 416 g/mol. The molecule has 2 heterocycles. The largest absolute Gasteiger partial charge is 0.324 e. The number of halogens is 1. The Morgan fingerprint density at radius 2 is 1.82 bits per heavy atom.